The van der Waals surface area contributed by atoms with Crippen LogP contribution < -0.4 is 5.32 Å². The third-order valence-electron chi connectivity index (χ3n) is 5.48. The molecule has 1 saturated heterocycles. The highest BCUT2D eigenvalue weighted by Gasteiger charge is 2.50. The van der Waals surface area contributed by atoms with Crippen LogP contribution in [-0.2, 0) is 28.5 Å². The number of amides is 1. The summed E-state index contributed by atoms with van der Waals surface area (Å²) in [4.78, 5) is 42.4. The summed E-state index contributed by atoms with van der Waals surface area (Å²) in [7, 11) is 0. The Morgan fingerprint density at radius 1 is 0.941 bits per heavy atom. The molecule has 1 heterocycles. The van der Waals surface area contributed by atoms with Gasteiger partial charge in [0, 0.05) is 51.7 Å². The van der Waals surface area contributed by atoms with E-state index in [9.17, 15) is 14.4 Å². The van der Waals surface area contributed by atoms with E-state index in [-0.39, 0.29) is 32.8 Å². The molecule has 1 amide bonds. The largest absolute Gasteiger partial charge is 0.463 e. The van der Waals surface area contributed by atoms with E-state index in [1.54, 1.807) is 34.6 Å². The minimum atomic E-state index is -1.87. The Labute approximate surface area is 204 Å². The normalized spacial score (nSPS) is 15.8. The van der Waals surface area contributed by atoms with E-state index in [1.165, 1.54) is 0 Å². The third kappa shape index (κ3) is 10.1. The highest BCUT2D eigenvalue weighted by Crippen LogP contribution is 2.23. The number of carbonyl (C=O) groups is 3. The van der Waals surface area contributed by atoms with Gasteiger partial charge in [-0.1, -0.05) is 0 Å². The summed E-state index contributed by atoms with van der Waals surface area (Å²) in [6.45, 7) is 17.9. The fourth-order valence-electron chi connectivity index (χ4n) is 3.67. The van der Waals surface area contributed by atoms with Gasteiger partial charge in [-0.15, -0.1) is 0 Å². The van der Waals surface area contributed by atoms with E-state index >= 15 is 0 Å². The van der Waals surface area contributed by atoms with Gasteiger partial charge in [-0.3, -0.25) is 9.80 Å². The average Bonchev–Trinajstić information content (AvgIpc) is 2.74. The minimum absolute atomic E-state index is 0.0155. The monoisotopic (exact) mass is 487 g/mol. The van der Waals surface area contributed by atoms with E-state index in [0.29, 0.717) is 19.0 Å². The summed E-state index contributed by atoms with van der Waals surface area (Å²) >= 11 is 0. The van der Waals surface area contributed by atoms with Gasteiger partial charge in [-0.25, -0.2) is 14.4 Å². The zero-order valence-corrected chi connectivity index (χ0v) is 22.1. The zero-order chi connectivity index (χ0) is 25.8. The SMILES string of the molecule is CCOC(=O)C(CCCNC(=O)OC(C)(C)C)(OCCN1CCN(C(C)C)CC1)C(=O)OCC. The number of ether oxygens (including phenoxy) is 4. The molecule has 1 aliphatic rings. The van der Waals surface area contributed by atoms with Crippen molar-refractivity contribution in [1.29, 1.82) is 0 Å². The van der Waals surface area contributed by atoms with Crippen molar-refractivity contribution >= 4 is 18.0 Å². The zero-order valence-electron chi connectivity index (χ0n) is 22.1. The first-order valence-electron chi connectivity index (χ1n) is 12.4. The summed E-state index contributed by atoms with van der Waals surface area (Å²) in [6, 6.07) is 0.507. The topological polar surface area (TPSA) is 107 Å². The van der Waals surface area contributed by atoms with Gasteiger partial charge in [0.25, 0.3) is 5.60 Å². The van der Waals surface area contributed by atoms with Crippen molar-refractivity contribution in [3.8, 4) is 0 Å². The van der Waals surface area contributed by atoms with E-state index in [4.69, 9.17) is 18.9 Å². The summed E-state index contributed by atoms with van der Waals surface area (Å²) in [6.07, 6.45) is -0.252. The molecule has 0 atom stereocenters. The molecule has 1 N–H and O–H groups in total. The molecule has 0 aromatic heterocycles. The summed E-state index contributed by atoms with van der Waals surface area (Å²) in [5.74, 6) is -1.54. The van der Waals surface area contributed by atoms with Gasteiger partial charge >= 0.3 is 18.0 Å². The van der Waals surface area contributed by atoms with Crippen molar-refractivity contribution in [2.45, 2.75) is 78.6 Å². The Bertz CT molecular complexity index is 623. The van der Waals surface area contributed by atoms with Gasteiger partial charge in [0.1, 0.15) is 5.60 Å². The fraction of sp³-hybridized carbons (Fsp3) is 0.875. The van der Waals surface area contributed by atoms with Crippen molar-refractivity contribution in [2.24, 2.45) is 0 Å². The highest BCUT2D eigenvalue weighted by atomic mass is 16.6. The van der Waals surface area contributed by atoms with Crippen molar-refractivity contribution in [2.75, 3.05) is 59.1 Å². The predicted molar refractivity (Wildman–Crippen MR) is 129 cm³/mol. The smallest absolute Gasteiger partial charge is 0.407 e. The molecule has 34 heavy (non-hydrogen) atoms. The number of rotatable bonds is 13. The molecule has 1 rings (SSSR count). The Morgan fingerprint density at radius 2 is 1.50 bits per heavy atom. The first-order valence-corrected chi connectivity index (χ1v) is 12.4. The van der Waals surface area contributed by atoms with Gasteiger partial charge in [0.15, 0.2) is 0 Å². The lowest BCUT2D eigenvalue weighted by molar-refractivity contribution is -0.192. The van der Waals surface area contributed by atoms with Gasteiger partial charge < -0.3 is 24.3 Å². The number of nitrogens with one attached hydrogen (secondary N) is 1. The van der Waals surface area contributed by atoms with Crippen LogP contribution in [0.15, 0.2) is 0 Å². The quantitative estimate of drug-likeness (QED) is 0.181. The molecule has 0 aromatic carbocycles. The number of hydrogen-bond donors (Lipinski definition) is 1. The van der Waals surface area contributed by atoms with Crippen LogP contribution in [0.2, 0.25) is 0 Å². The molecule has 0 spiro atoms. The van der Waals surface area contributed by atoms with Crippen LogP contribution in [0.4, 0.5) is 4.79 Å². The Hall–Kier alpha value is -1.91. The molecule has 0 radical (unpaired) electrons. The molecule has 0 bridgehead atoms. The molecular formula is C24H45N3O7. The first kappa shape index (κ1) is 30.1. The molecule has 0 saturated carbocycles. The number of carbonyl (C=O) groups excluding carboxylic acids is 3. The molecule has 198 valence electrons. The minimum Gasteiger partial charge on any atom is -0.463 e. The third-order valence-corrected chi connectivity index (χ3v) is 5.48. The lowest BCUT2D eigenvalue weighted by Gasteiger charge is -2.37. The Kier molecular flexibility index (Phi) is 12.8. The van der Waals surface area contributed by atoms with Crippen LogP contribution in [-0.4, -0.2) is 104 Å². The number of hydrogen-bond acceptors (Lipinski definition) is 9. The molecule has 0 unspecified atom stereocenters. The first-order chi connectivity index (χ1) is 15.9. The second-order valence-corrected chi connectivity index (χ2v) is 9.62. The lowest BCUT2D eigenvalue weighted by atomic mass is 9.97. The van der Waals surface area contributed by atoms with E-state index in [2.05, 4.69) is 29.0 Å². The summed E-state index contributed by atoms with van der Waals surface area (Å²) < 4.78 is 21.6. The van der Waals surface area contributed by atoms with Crippen LogP contribution in [0, 0.1) is 0 Å². The van der Waals surface area contributed by atoms with Crippen molar-refractivity contribution in [3.05, 3.63) is 0 Å². The molecule has 1 aliphatic heterocycles. The highest BCUT2D eigenvalue weighted by molar-refractivity contribution is 6.03. The van der Waals surface area contributed by atoms with E-state index < -0.39 is 29.2 Å². The average molecular weight is 488 g/mol. The maximum atomic E-state index is 12.9. The maximum Gasteiger partial charge on any atom is 0.407 e. The van der Waals surface area contributed by atoms with E-state index in [1.807, 2.05) is 0 Å². The second-order valence-electron chi connectivity index (χ2n) is 9.62. The molecule has 1 fully saturated rings. The molecule has 10 nitrogen and oxygen atoms in total. The van der Waals surface area contributed by atoms with Crippen LogP contribution in [0.1, 0.15) is 61.3 Å². The predicted octanol–water partition coefficient (Wildman–Crippen LogP) is 2.20. The number of esters is 2. The van der Waals surface area contributed by atoms with E-state index in [0.717, 1.165) is 26.2 Å². The Balaban J connectivity index is 2.78. The summed E-state index contributed by atoms with van der Waals surface area (Å²) in [5, 5.41) is 2.64. The van der Waals surface area contributed by atoms with Crippen LogP contribution in [0.3, 0.4) is 0 Å². The summed E-state index contributed by atoms with van der Waals surface area (Å²) in [5.41, 5.74) is -2.49. The maximum absolute atomic E-state index is 12.9. The number of alkyl carbamates (subject to hydrolysis) is 1. The van der Waals surface area contributed by atoms with Crippen LogP contribution in [0.25, 0.3) is 0 Å². The molecule has 10 heteroatoms. The van der Waals surface area contributed by atoms with Crippen molar-refractivity contribution < 1.29 is 33.3 Å². The van der Waals surface area contributed by atoms with Gasteiger partial charge in [0.05, 0.1) is 19.8 Å². The second kappa shape index (κ2) is 14.5. The lowest BCUT2D eigenvalue weighted by Crippen LogP contribution is -2.53. The fourth-order valence-corrected chi connectivity index (χ4v) is 3.67. The molecular weight excluding hydrogens is 442 g/mol. The van der Waals surface area contributed by atoms with Crippen LogP contribution in [0.5, 0.6) is 0 Å². The van der Waals surface area contributed by atoms with Crippen molar-refractivity contribution in [3.63, 3.8) is 0 Å². The van der Waals surface area contributed by atoms with Gasteiger partial charge in [0.2, 0.25) is 0 Å². The number of piperazine rings is 1. The number of nitrogens with zero attached hydrogens (tertiary/aromatic N) is 2. The molecule has 0 aromatic rings. The van der Waals surface area contributed by atoms with Gasteiger partial charge in [-0.2, -0.15) is 0 Å². The van der Waals surface area contributed by atoms with Gasteiger partial charge in [-0.05, 0) is 54.9 Å². The van der Waals surface area contributed by atoms with Crippen molar-refractivity contribution in [1.82, 2.24) is 15.1 Å². The standard InChI is InChI=1S/C24H45N3O7/c1-8-31-20(28)24(21(29)32-9-2,11-10-12-25-22(30)34-23(5,6)7)33-18-17-26-13-15-27(16-14-26)19(3)4/h19H,8-18H2,1-7H3,(H,25,30). The Morgan fingerprint density at radius 3 is 1.97 bits per heavy atom. The van der Waals surface area contributed by atoms with Crippen LogP contribution >= 0.6 is 0 Å². The molecule has 0 aliphatic carbocycles.